The van der Waals surface area contributed by atoms with Crippen molar-refractivity contribution in [3.8, 4) is 0 Å². The number of benzene rings is 4. The molecule has 2 aliphatic rings. The van der Waals surface area contributed by atoms with Crippen LogP contribution >= 0.6 is 47.0 Å². The lowest BCUT2D eigenvalue weighted by Gasteiger charge is -2.10. The van der Waals surface area contributed by atoms with Gasteiger partial charge in [0.25, 0.3) is 0 Å². The van der Waals surface area contributed by atoms with Crippen LogP contribution in [0.3, 0.4) is 0 Å². The van der Waals surface area contributed by atoms with Crippen molar-refractivity contribution in [3.63, 3.8) is 0 Å². The predicted molar refractivity (Wildman–Crippen MR) is 212 cm³/mol. The Labute approximate surface area is 340 Å². The molecule has 0 fully saturated rings. The normalized spacial score (nSPS) is 13.8. The van der Waals surface area contributed by atoms with Gasteiger partial charge in [-0.2, -0.15) is 0 Å². The van der Waals surface area contributed by atoms with E-state index in [1.165, 1.54) is 48.5 Å². The molecule has 2 aliphatic heterocycles. The highest BCUT2D eigenvalue weighted by Crippen LogP contribution is 2.66. The van der Waals surface area contributed by atoms with Crippen LogP contribution in [-0.2, 0) is 0 Å². The molecular formula is C38H20O16S4. The Morgan fingerprint density at radius 3 is 0.517 bits per heavy atom. The van der Waals surface area contributed by atoms with Gasteiger partial charge in [-0.1, -0.05) is 47.0 Å². The summed E-state index contributed by atoms with van der Waals surface area (Å²) in [5, 5.41) is 78.6. The Balaban J connectivity index is 1.61. The Morgan fingerprint density at radius 1 is 0.259 bits per heavy atom. The minimum atomic E-state index is -1.48. The first-order chi connectivity index (χ1) is 27.3. The summed E-state index contributed by atoms with van der Waals surface area (Å²) in [6, 6.07) is 13.1. The van der Waals surface area contributed by atoms with E-state index in [-0.39, 0.29) is 41.9 Å². The zero-order chi connectivity index (χ0) is 42.3. The lowest BCUT2D eigenvalue weighted by atomic mass is 10.0. The van der Waals surface area contributed by atoms with Gasteiger partial charge in [0.05, 0.1) is 53.0 Å². The molecule has 16 nitrogen and oxygen atoms in total. The van der Waals surface area contributed by atoms with Crippen molar-refractivity contribution in [3.05, 3.63) is 148 Å². The summed E-state index contributed by atoms with van der Waals surface area (Å²) >= 11 is 3.83. The fourth-order valence-electron chi connectivity index (χ4n) is 5.55. The maximum atomic E-state index is 12.1. The molecule has 20 heteroatoms. The summed E-state index contributed by atoms with van der Waals surface area (Å²) < 4.78 is 0.701. The van der Waals surface area contributed by atoms with E-state index in [2.05, 4.69) is 0 Å². The second-order valence-electron chi connectivity index (χ2n) is 11.9. The van der Waals surface area contributed by atoms with E-state index in [1.54, 1.807) is 0 Å². The van der Waals surface area contributed by atoms with E-state index in [0.29, 0.717) is 8.47 Å². The van der Waals surface area contributed by atoms with Crippen molar-refractivity contribution < 1.29 is 79.2 Å². The number of carboxylic acids is 8. The predicted octanol–water partition coefficient (Wildman–Crippen LogP) is 7.71. The second-order valence-corrected chi connectivity index (χ2v) is 16.5. The first kappa shape index (κ1) is 40.9. The van der Waals surface area contributed by atoms with Gasteiger partial charge in [-0.3, -0.25) is 0 Å². The molecule has 0 saturated heterocycles. The average Bonchev–Trinajstić information content (AvgIpc) is 3.83. The number of hydrogen-bond acceptors (Lipinski definition) is 12. The summed E-state index contributed by atoms with van der Waals surface area (Å²) in [5.74, 6) is -11.8. The van der Waals surface area contributed by atoms with Crippen LogP contribution in [0.2, 0.25) is 0 Å². The minimum Gasteiger partial charge on any atom is -0.478 e. The summed E-state index contributed by atoms with van der Waals surface area (Å²) in [6.07, 6.45) is 0. The maximum Gasteiger partial charge on any atom is 0.335 e. The quantitative estimate of drug-likeness (QED) is 0.0676. The third-order valence-electron chi connectivity index (χ3n) is 8.11. The molecule has 0 amide bonds. The Kier molecular flexibility index (Phi) is 11.3. The molecule has 0 aliphatic carbocycles. The van der Waals surface area contributed by atoms with Crippen LogP contribution in [0.15, 0.2) is 81.3 Å². The largest absolute Gasteiger partial charge is 0.478 e. The maximum absolute atomic E-state index is 12.1. The summed E-state index contributed by atoms with van der Waals surface area (Å²) in [4.78, 5) is 97.4. The van der Waals surface area contributed by atoms with Gasteiger partial charge in [0.2, 0.25) is 0 Å². The summed E-state index contributed by atoms with van der Waals surface area (Å²) in [6.45, 7) is 0. The fraction of sp³-hybridized carbons (Fsp3) is 0. The lowest BCUT2D eigenvalue weighted by molar-refractivity contribution is 0.0676. The van der Waals surface area contributed by atoms with Gasteiger partial charge in [0.1, 0.15) is 0 Å². The van der Waals surface area contributed by atoms with Crippen LogP contribution in [0.1, 0.15) is 105 Å². The van der Waals surface area contributed by atoms with Gasteiger partial charge in [-0.15, -0.1) is 0 Å². The fourth-order valence-corrected chi connectivity index (χ4v) is 11.2. The Hall–Kier alpha value is -6.74. The highest BCUT2D eigenvalue weighted by atomic mass is 32.2. The number of carboxylic acid groups (broad SMARTS) is 8. The molecule has 58 heavy (non-hydrogen) atoms. The third-order valence-corrected chi connectivity index (χ3v) is 14.0. The van der Waals surface area contributed by atoms with Crippen molar-refractivity contribution >= 4 is 114 Å². The van der Waals surface area contributed by atoms with Gasteiger partial charge in [0, 0.05) is 19.6 Å². The topological polar surface area (TPSA) is 298 Å². The Bertz CT molecular complexity index is 2220. The molecule has 4 aromatic carbocycles. The molecule has 0 radical (unpaired) electrons. The van der Waals surface area contributed by atoms with E-state index in [0.717, 1.165) is 71.3 Å². The molecule has 0 saturated carbocycles. The van der Waals surface area contributed by atoms with Crippen molar-refractivity contribution in [2.75, 3.05) is 0 Å². The number of carbonyl (C=O) groups is 8. The molecule has 0 spiro atoms. The second kappa shape index (κ2) is 16.0. The van der Waals surface area contributed by atoms with Gasteiger partial charge >= 0.3 is 47.8 Å². The van der Waals surface area contributed by atoms with Crippen LogP contribution < -0.4 is 0 Å². The molecule has 6 rings (SSSR count). The summed E-state index contributed by atoms with van der Waals surface area (Å²) in [7, 11) is 0. The van der Waals surface area contributed by atoms with E-state index >= 15 is 0 Å². The molecule has 0 atom stereocenters. The van der Waals surface area contributed by atoms with E-state index in [9.17, 15) is 79.2 Å². The number of aromatic carboxylic acids is 8. The van der Waals surface area contributed by atoms with Crippen LogP contribution in [0, 0.1) is 0 Å². The molecule has 4 aromatic rings. The highest BCUT2D eigenvalue weighted by molar-refractivity contribution is 8.39. The Morgan fingerprint density at radius 2 is 0.397 bits per heavy atom. The van der Waals surface area contributed by atoms with Gasteiger partial charge in [0.15, 0.2) is 0 Å². The smallest absolute Gasteiger partial charge is 0.335 e. The van der Waals surface area contributed by atoms with Gasteiger partial charge in [-0.25, -0.2) is 38.4 Å². The van der Waals surface area contributed by atoms with E-state index in [1.807, 2.05) is 0 Å². The SMILES string of the molecule is O=C(O)c1cc(C(=O)O)cc(C2=C(c3cc(C(=O)O)cc(C(=O)O)c3)SC(=C3SC(c4cc(C(=O)O)cc(C(=O)O)c4)=C(c4cc(C(=O)O)cc(C(=O)O)c4)S3)S2)c1. The van der Waals surface area contributed by atoms with Crippen molar-refractivity contribution in [2.45, 2.75) is 0 Å². The van der Waals surface area contributed by atoms with Crippen molar-refractivity contribution in [2.24, 2.45) is 0 Å². The zero-order valence-electron chi connectivity index (χ0n) is 28.4. The lowest BCUT2D eigenvalue weighted by Crippen LogP contribution is -2.04. The standard InChI is InChI=1S/C38H20O16S4/c39-29(40)17-1-13(2-18(9-17)30(41)42)25-26(14-3-19(31(43)44)10-20(4-14)32(45)46)56-37(55-25)38-57-27(15-5-21(33(47)48)11-22(6-15)34(49)50)28(58-38)16-7-23(35(51)52)12-24(8-16)36(53)54/h1-12H,(H,39,40)(H,41,42)(H,43,44)(H,45,46)(H,47,48)(H,49,50)(H,51,52)(H,53,54). The minimum absolute atomic E-state index is 0.0416. The van der Waals surface area contributed by atoms with Gasteiger partial charge < -0.3 is 40.9 Å². The first-order valence-electron chi connectivity index (χ1n) is 15.7. The molecular weight excluding hydrogens is 841 g/mol. The van der Waals surface area contributed by atoms with Crippen molar-refractivity contribution in [1.29, 1.82) is 0 Å². The molecule has 0 aromatic heterocycles. The number of rotatable bonds is 12. The average molecular weight is 861 g/mol. The van der Waals surface area contributed by atoms with Crippen LogP contribution in [-0.4, -0.2) is 88.6 Å². The molecule has 2 heterocycles. The van der Waals surface area contributed by atoms with Gasteiger partial charge in [-0.05, 0) is 95.1 Å². The molecule has 0 bridgehead atoms. The van der Waals surface area contributed by atoms with E-state index in [4.69, 9.17) is 0 Å². The number of thioether (sulfide) groups is 4. The monoisotopic (exact) mass is 860 g/mol. The molecule has 292 valence electrons. The summed E-state index contributed by atoms with van der Waals surface area (Å²) in [5.41, 5.74) is -3.20. The van der Waals surface area contributed by atoms with Crippen LogP contribution in [0.25, 0.3) is 19.6 Å². The first-order valence-corrected chi connectivity index (χ1v) is 19.0. The highest BCUT2D eigenvalue weighted by Gasteiger charge is 2.34. The van der Waals surface area contributed by atoms with Crippen LogP contribution in [0.4, 0.5) is 0 Å². The zero-order valence-corrected chi connectivity index (χ0v) is 31.7. The third kappa shape index (κ3) is 8.34. The number of hydrogen-bond donors (Lipinski definition) is 8. The van der Waals surface area contributed by atoms with Crippen molar-refractivity contribution in [1.82, 2.24) is 0 Å². The molecule has 8 N–H and O–H groups in total. The van der Waals surface area contributed by atoms with Crippen LogP contribution in [0.5, 0.6) is 0 Å². The molecule has 0 unspecified atom stereocenters. The van der Waals surface area contributed by atoms with E-state index < -0.39 is 92.3 Å².